The van der Waals surface area contributed by atoms with Crippen molar-refractivity contribution in [2.24, 2.45) is 5.14 Å². The van der Waals surface area contributed by atoms with Gasteiger partial charge in [0.2, 0.25) is 10.0 Å². The van der Waals surface area contributed by atoms with Crippen LogP contribution in [0.2, 0.25) is 5.02 Å². The van der Waals surface area contributed by atoms with Gasteiger partial charge < -0.3 is 5.32 Å². The van der Waals surface area contributed by atoms with Crippen molar-refractivity contribution in [2.45, 2.75) is 11.4 Å². The van der Waals surface area contributed by atoms with Gasteiger partial charge in [-0.15, -0.1) is 0 Å². The Morgan fingerprint density at radius 3 is 2.31 bits per heavy atom. The summed E-state index contributed by atoms with van der Waals surface area (Å²) in [5.74, 6) is -0.984. The summed E-state index contributed by atoms with van der Waals surface area (Å²) >= 11 is 6.31. The normalized spacial score (nSPS) is 14.8. The lowest BCUT2D eigenvalue weighted by Gasteiger charge is -2.20. The number of sulfonamides is 1. The zero-order valence-corrected chi connectivity index (χ0v) is 18.2. The second kappa shape index (κ2) is 8.58. The van der Waals surface area contributed by atoms with E-state index in [1.54, 1.807) is 36.4 Å². The van der Waals surface area contributed by atoms with Crippen LogP contribution in [0.1, 0.15) is 21.5 Å². The fraction of sp³-hybridized carbons (Fsp3) is 0.0435. The lowest BCUT2D eigenvalue weighted by atomic mass is 9.91. The van der Waals surface area contributed by atoms with Gasteiger partial charge in [-0.05, 0) is 41.5 Å². The molecule has 0 aliphatic carbocycles. The van der Waals surface area contributed by atoms with Crippen molar-refractivity contribution < 1.29 is 18.0 Å². The van der Waals surface area contributed by atoms with Crippen molar-refractivity contribution in [3.63, 3.8) is 0 Å². The van der Waals surface area contributed by atoms with Crippen molar-refractivity contribution in [1.29, 1.82) is 0 Å². The van der Waals surface area contributed by atoms with Crippen LogP contribution in [0.5, 0.6) is 0 Å². The molecule has 1 heterocycles. The van der Waals surface area contributed by atoms with Crippen molar-refractivity contribution >= 4 is 39.0 Å². The number of rotatable bonds is 5. The average molecular weight is 468 g/mol. The number of carbonyl (C=O) groups excluding carboxylic acids is 2. The highest BCUT2D eigenvalue weighted by molar-refractivity contribution is 7.89. The molecule has 0 aromatic heterocycles. The van der Waals surface area contributed by atoms with E-state index in [1.807, 2.05) is 18.2 Å². The van der Waals surface area contributed by atoms with Gasteiger partial charge in [0.05, 0.1) is 10.5 Å². The van der Waals surface area contributed by atoms with Crippen molar-refractivity contribution in [3.05, 3.63) is 94.6 Å². The first-order chi connectivity index (χ1) is 15.2. The van der Waals surface area contributed by atoms with Crippen LogP contribution in [0, 0.1) is 0 Å². The number of nitrogens with two attached hydrogens (primary N) is 1. The van der Waals surface area contributed by atoms with Crippen LogP contribution in [-0.2, 0) is 21.4 Å². The number of nitrogens with one attached hydrogen (secondary N) is 2. The molecule has 1 aliphatic heterocycles. The predicted octanol–water partition coefficient (Wildman–Crippen LogP) is 3.06. The zero-order chi connectivity index (χ0) is 22.9. The number of hydrogen-bond donors (Lipinski definition) is 3. The van der Waals surface area contributed by atoms with Gasteiger partial charge >= 0.3 is 0 Å². The first kappa shape index (κ1) is 21.8. The highest BCUT2D eigenvalue weighted by Gasteiger charge is 2.27. The minimum atomic E-state index is -3.76. The molecule has 32 heavy (non-hydrogen) atoms. The van der Waals surface area contributed by atoms with E-state index in [1.165, 1.54) is 18.3 Å². The first-order valence-electron chi connectivity index (χ1n) is 9.54. The zero-order valence-electron chi connectivity index (χ0n) is 16.6. The maximum Gasteiger partial charge on any atom is 0.260 e. The lowest BCUT2D eigenvalue weighted by Crippen LogP contribution is -2.37. The Bertz CT molecular complexity index is 1370. The van der Waals surface area contributed by atoms with Gasteiger partial charge in [0.15, 0.2) is 0 Å². The fourth-order valence-electron chi connectivity index (χ4n) is 3.40. The molecule has 0 bridgehead atoms. The van der Waals surface area contributed by atoms with Gasteiger partial charge in [0, 0.05) is 34.5 Å². The molecular formula is C23H18ClN3O4S. The Morgan fingerprint density at radius 2 is 1.62 bits per heavy atom. The molecule has 1 aliphatic rings. The van der Waals surface area contributed by atoms with E-state index >= 15 is 0 Å². The molecule has 0 atom stereocenters. The molecule has 4 rings (SSSR count). The smallest absolute Gasteiger partial charge is 0.260 e. The largest absolute Gasteiger partial charge is 0.386 e. The van der Waals surface area contributed by atoms with Gasteiger partial charge in [-0.1, -0.05) is 48.0 Å². The molecule has 0 fully saturated rings. The number of benzene rings is 3. The molecule has 0 saturated carbocycles. The molecule has 4 N–H and O–H groups in total. The summed E-state index contributed by atoms with van der Waals surface area (Å²) in [6.07, 6.45) is 1.53. The summed E-state index contributed by atoms with van der Waals surface area (Å²) in [5.41, 5.74) is 3.53. The van der Waals surface area contributed by atoms with Crippen molar-refractivity contribution in [2.75, 3.05) is 0 Å². The van der Waals surface area contributed by atoms with E-state index in [0.29, 0.717) is 28.3 Å². The first-order valence-corrected chi connectivity index (χ1v) is 11.5. The highest BCUT2D eigenvalue weighted by atomic mass is 35.5. The summed E-state index contributed by atoms with van der Waals surface area (Å²) in [7, 11) is -3.76. The number of halogens is 1. The maximum atomic E-state index is 12.5. The van der Waals surface area contributed by atoms with E-state index < -0.39 is 21.8 Å². The third-order valence-corrected chi connectivity index (χ3v) is 6.27. The number of hydrogen-bond acceptors (Lipinski definition) is 5. The minimum absolute atomic E-state index is 0.0193. The number of amides is 2. The molecular weight excluding hydrogens is 450 g/mol. The molecule has 0 saturated heterocycles. The Labute approximate surface area is 190 Å². The number of carbonyl (C=O) groups is 2. The molecule has 7 nitrogen and oxygen atoms in total. The minimum Gasteiger partial charge on any atom is -0.386 e. The SMILES string of the molecule is NS(=O)(=O)c1ccc(CNC=C2C(=O)NC(=O)c3ccc(-c4ccccc4Cl)cc32)cc1. The van der Waals surface area contributed by atoms with Crippen LogP contribution >= 0.6 is 11.6 Å². The van der Waals surface area contributed by atoms with Crippen LogP contribution < -0.4 is 15.8 Å². The fourth-order valence-corrected chi connectivity index (χ4v) is 4.16. The molecule has 0 unspecified atom stereocenters. The molecule has 0 radical (unpaired) electrons. The molecule has 2 amide bonds. The number of imide groups is 1. The highest BCUT2D eigenvalue weighted by Crippen LogP contribution is 2.32. The summed E-state index contributed by atoms with van der Waals surface area (Å²) in [6, 6.07) is 18.6. The van der Waals surface area contributed by atoms with E-state index in [-0.39, 0.29) is 4.90 Å². The van der Waals surface area contributed by atoms with E-state index in [4.69, 9.17) is 16.7 Å². The second-order valence-electron chi connectivity index (χ2n) is 7.15. The van der Waals surface area contributed by atoms with E-state index in [2.05, 4.69) is 10.6 Å². The van der Waals surface area contributed by atoms with Crippen LogP contribution in [0.4, 0.5) is 0 Å². The summed E-state index contributed by atoms with van der Waals surface area (Å²) in [5, 5.41) is 11.0. The Morgan fingerprint density at radius 1 is 0.906 bits per heavy atom. The summed E-state index contributed by atoms with van der Waals surface area (Å²) in [6.45, 7) is 0.329. The third-order valence-electron chi connectivity index (χ3n) is 5.02. The molecule has 0 spiro atoms. The Hall–Kier alpha value is -3.46. The topological polar surface area (TPSA) is 118 Å². The monoisotopic (exact) mass is 467 g/mol. The standard InChI is InChI=1S/C23H18ClN3O4S/c24-21-4-2-1-3-17(21)15-7-10-18-19(11-15)20(23(29)27-22(18)28)13-26-12-14-5-8-16(9-6-14)32(25,30)31/h1-11,13,26H,12H2,(H2,25,30,31)(H,27,28,29). The van der Waals surface area contributed by atoms with Crippen LogP contribution in [0.3, 0.4) is 0 Å². The predicted molar refractivity (Wildman–Crippen MR) is 122 cm³/mol. The summed E-state index contributed by atoms with van der Waals surface area (Å²) < 4.78 is 22.7. The van der Waals surface area contributed by atoms with Crippen molar-refractivity contribution in [1.82, 2.24) is 10.6 Å². The Kier molecular flexibility index (Phi) is 5.84. The Balaban J connectivity index is 1.63. The van der Waals surface area contributed by atoms with Crippen molar-refractivity contribution in [3.8, 4) is 11.1 Å². The van der Waals surface area contributed by atoms with E-state index in [9.17, 15) is 18.0 Å². The van der Waals surface area contributed by atoms with Gasteiger partial charge in [0.25, 0.3) is 11.8 Å². The van der Waals surface area contributed by atoms with Gasteiger partial charge in [-0.2, -0.15) is 0 Å². The maximum absolute atomic E-state index is 12.5. The van der Waals surface area contributed by atoms with Crippen LogP contribution in [-0.4, -0.2) is 20.2 Å². The second-order valence-corrected chi connectivity index (χ2v) is 9.12. The van der Waals surface area contributed by atoms with Gasteiger partial charge in [0.1, 0.15) is 0 Å². The molecule has 162 valence electrons. The average Bonchev–Trinajstić information content (AvgIpc) is 2.75. The summed E-state index contributed by atoms with van der Waals surface area (Å²) in [4.78, 5) is 24.9. The molecule has 3 aromatic carbocycles. The van der Waals surface area contributed by atoms with Gasteiger partial charge in [-0.25, -0.2) is 13.6 Å². The quantitative estimate of drug-likeness (QED) is 0.393. The van der Waals surface area contributed by atoms with E-state index in [0.717, 1.165) is 16.7 Å². The number of fused-ring (bicyclic) bond motifs is 1. The number of primary sulfonamides is 1. The lowest BCUT2D eigenvalue weighted by molar-refractivity contribution is -0.114. The molecule has 9 heteroatoms. The van der Waals surface area contributed by atoms with Crippen LogP contribution in [0.15, 0.2) is 77.8 Å². The van der Waals surface area contributed by atoms with Crippen LogP contribution in [0.25, 0.3) is 16.7 Å². The van der Waals surface area contributed by atoms with Gasteiger partial charge in [-0.3, -0.25) is 14.9 Å². The third kappa shape index (κ3) is 4.43. The molecule has 3 aromatic rings.